The summed E-state index contributed by atoms with van der Waals surface area (Å²) in [7, 11) is 0. The summed E-state index contributed by atoms with van der Waals surface area (Å²) < 4.78 is 25.5. The molecule has 0 saturated heterocycles. The predicted octanol–water partition coefficient (Wildman–Crippen LogP) is 2.12. The zero-order valence-corrected chi connectivity index (χ0v) is 7.04. The molecular formula is C8H8ClF2N. The lowest BCUT2D eigenvalue weighted by Gasteiger charge is -2.03. The van der Waals surface area contributed by atoms with E-state index in [2.05, 4.69) is 0 Å². The van der Waals surface area contributed by atoms with Crippen LogP contribution in [0.1, 0.15) is 5.56 Å². The number of hydrogen-bond donors (Lipinski definition) is 1. The molecule has 0 aliphatic rings. The molecule has 1 rings (SSSR count). The van der Waals surface area contributed by atoms with Crippen LogP contribution in [0.15, 0.2) is 12.1 Å². The Labute approximate surface area is 74.1 Å². The van der Waals surface area contributed by atoms with Crippen LogP contribution in [0.25, 0.3) is 0 Å². The third-order valence-electron chi connectivity index (χ3n) is 1.53. The highest BCUT2D eigenvalue weighted by Gasteiger charge is 2.10. The minimum atomic E-state index is -0.895. The Morgan fingerprint density at radius 3 is 2.58 bits per heavy atom. The summed E-state index contributed by atoms with van der Waals surface area (Å²) >= 11 is 5.62. The van der Waals surface area contributed by atoms with Crippen LogP contribution in [0.3, 0.4) is 0 Å². The molecule has 0 aliphatic heterocycles. The maximum Gasteiger partial charge on any atom is 0.163 e. The molecule has 1 aromatic carbocycles. The second kappa shape index (κ2) is 3.83. The average molecular weight is 192 g/mol. The summed E-state index contributed by atoms with van der Waals surface area (Å²) in [6.45, 7) is 0.250. The lowest BCUT2D eigenvalue weighted by molar-refractivity contribution is 0.499. The zero-order chi connectivity index (χ0) is 9.14. The molecule has 0 aliphatic carbocycles. The Bertz CT molecular complexity index is 289. The Morgan fingerprint density at radius 2 is 2.00 bits per heavy atom. The van der Waals surface area contributed by atoms with Crippen LogP contribution < -0.4 is 5.73 Å². The van der Waals surface area contributed by atoms with E-state index in [1.807, 2.05) is 0 Å². The Hall–Kier alpha value is -0.670. The van der Waals surface area contributed by atoms with Gasteiger partial charge in [0.15, 0.2) is 11.6 Å². The number of hydrogen-bond acceptors (Lipinski definition) is 1. The van der Waals surface area contributed by atoms with Gasteiger partial charge in [-0.3, -0.25) is 0 Å². The van der Waals surface area contributed by atoms with Crippen LogP contribution >= 0.6 is 11.6 Å². The first-order valence-corrected chi connectivity index (χ1v) is 3.87. The predicted molar refractivity (Wildman–Crippen MR) is 44.1 cm³/mol. The molecule has 0 spiro atoms. The standard InChI is InChI=1S/C8H8ClF2N/c9-6-1-2-7(10)8(11)5(6)3-4-12/h1-2H,3-4,12H2. The third-order valence-corrected chi connectivity index (χ3v) is 1.89. The molecule has 2 N–H and O–H groups in total. The van der Waals surface area contributed by atoms with Gasteiger partial charge in [-0.1, -0.05) is 11.6 Å². The fourth-order valence-corrected chi connectivity index (χ4v) is 1.18. The molecule has 0 aromatic heterocycles. The van der Waals surface area contributed by atoms with Crippen LogP contribution in [0.5, 0.6) is 0 Å². The van der Waals surface area contributed by atoms with Crippen LogP contribution in [0.4, 0.5) is 8.78 Å². The van der Waals surface area contributed by atoms with Crippen LogP contribution in [0, 0.1) is 11.6 Å². The van der Waals surface area contributed by atoms with Gasteiger partial charge in [0.2, 0.25) is 0 Å². The molecule has 1 aromatic rings. The van der Waals surface area contributed by atoms with Crippen molar-refractivity contribution in [3.05, 3.63) is 34.4 Å². The van der Waals surface area contributed by atoms with Crippen molar-refractivity contribution in [2.45, 2.75) is 6.42 Å². The molecule has 0 heterocycles. The fourth-order valence-electron chi connectivity index (χ4n) is 0.943. The van der Waals surface area contributed by atoms with Gasteiger partial charge < -0.3 is 5.73 Å². The maximum atomic E-state index is 12.9. The molecule has 4 heteroatoms. The van der Waals surface area contributed by atoms with Gasteiger partial charge in [0.05, 0.1) is 0 Å². The Morgan fingerprint density at radius 1 is 1.33 bits per heavy atom. The summed E-state index contributed by atoms with van der Waals surface area (Å²) in [6, 6.07) is 2.32. The third kappa shape index (κ3) is 1.73. The number of nitrogens with two attached hydrogens (primary N) is 1. The average Bonchev–Trinajstić information content (AvgIpc) is 2.06. The van der Waals surface area contributed by atoms with Gasteiger partial charge in [-0.25, -0.2) is 8.78 Å². The Kier molecular flexibility index (Phi) is 3.00. The summed E-state index contributed by atoms with van der Waals surface area (Å²) in [5, 5.41) is 0.222. The minimum Gasteiger partial charge on any atom is -0.330 e. The van der Waals surface area contributed by atoms with E-state index < -0.39 is 11.6 Å². The molecule has 1 nitrogen and oxygen atoms in total. The van der Waals surface area contributed by atoms with E-state index in [1.54, 1.807) is 0 Å². The highest BCUT2D eigenvalue weighted by atomic mass is 35.5. The molecule has 0 unspecified atom stereocenters. The van der Waals surface area contributed by atoms with E-state index in [1.165, 1.54) is 6.07 Å². The minimum absolute atomic E-state index is 0.152. The maximum absolute atomic E-state index is 12.9. The van der Waals surface area contributed by atoms with Gasteiger partial charge in [0.1, 0.15) is 0 Å². The van der Waals surface area contributed by atoms with E-state index in [4.69, 9.17) is 17.3 Å². The first-order valence-electron chi connectivity index (χ1n) is 3.49. The molecular weight excluding hydrogens is 184 g/mol. The number of rotatable bonds is 2. The lowest BCUT2D eigenvalue weighted by atomic mass is 10.1. The molecule has 0 amide bonds. The molecule has 12 heavy (non-hydrogen) atoms. The first kappa shape index (κ1) is 9.42. The van der Waals surface area contributed by atoms with Crippen molar-refractivity contribution in [2.24, 2.45) is 5.73 Å². The highest BCUT2D eigenvalue weighted by Crippen LogP contribution is 2.21. The van der Waals surface area contributed by atoms with Crippen molar-refractivity contribution >= 4 is 11.6 Å². The summed E-state index contributed by atoms with van der Waals surface area (Å²) in [5.41, 5.74) is 5.35. The van der Waals surface area contributed by atoms with Crippen LogP contribution in [-0.2, 0) is 6.42 Å². The van der Waals surface area contributed by atoms with Gasteiger partial charge in [-0.2, -0.15) is 0 Å². The topological polar surface area (TPSA) is 26.0 Å². The van der Waals surface area contributed by atoms with Crippen LogP contribution in [-0.4, -0.2) is 6.54 Å². The van der Waals surface area contributed by atoms with E-state index in [9.17, 15) is 8.78 Å². The van der Waals surface area contributed by atoms with E-state index >= 15 is 0 Å². The molecule has 0 radical (unpaired) electrons. The monoisotopic (exact) mass is 191 g/mol. The summed E-state index contributed by atoms with van der Waals surface area (Å²) in [4.78, 5) is 0. The van der Waals surface area contributed by atoms with Crippen molar-refractivity contribution in [3.8, 4) is 0 Å². The van der Waals surface area contributed by atoms with Gasteiger partial charge in [0, 0.05) is 10.6 Å². The van der Waals surface area contributed by atoms with Crippen LogP contribution in [0.2, 0.25) is 5.02 Å². The van der Waals surface area contributed by atoms with Crippen molar-refractivity contribution in [1.82, 2.24) is 0 Å². The van der Waals surface area contributed by atoms with Crippen molar-refractivity contribution < 1.29 is 8.78 Å². The SMILES string of the molecule is NCCc1c(Cl)ccc(F)c1F. The second-order valence-electron chi connectivity index (χ2n) is 2.36. The normalized spacial score (nSPS) is 10.3. The number of benzene rings is 1. The van der Waals surface area contributed by atoms with Gasteiger partial charge in [0.25, 0.3) is 0 Å². The van der Waals surface area contributed by atoms with Crippen molar-refractivity contribution in [3.63, 3.8) is 0 Å². The quantitative estimate of drug-likeness (QED) is 0.712. The van der Waals surface area contributed by atoms with E-state index in [-0.39, 0.29) is 23.6 Å². The van der Waals surface area contributed by atoms with Crippen molar-refractivity contribution in [2.75, 3.05) is 6.54 Å². The van der Waals surface area contributed by atoms with Gasteiger partial charge in [-0.05, 0) is 25.1 Å². The smallest absolute Gasteiger partial charge is 0.163 e. The largest absolute Gasteiger partial charge is 0.330 e. The molecule has 0 fully saturated rings. The lowest BCUT2D eigenvalue weighted by Crippen LogP contribution is -2.06. The van der Waals surface area contributed by atoms with Gasteiger partial charge >= 0.3 is 0 Å². The van der Waals surface area contributed by atoms with E-state index in [0.717, 1.165) is 6.07 Å². The van der Waals surface area contributed by atoms with E-state index in [0.29, 0.717) is 0 Å². The molecule has 0 atom stereocenters. The highest BCUT2D eigenvalue weighted by molar-refractivity contribution is 6.31. The fraction of sp³-hybridized carbons (Fsp3) is 0.250. The summed E-state index contributed by atoms with van der Waals surface area (Å²) in [6.07, 6.45) is 0.252. The van der Waals surface area contributed by atoms with Gasteiger partial charge in [-0.15, -0.1) is 0 Å². The number of halogens is 3. The zero-order valence-electron chi connectivity index (χ0n) is 6.28. The van der Waals surface area contributed by atoms with Crippen molar-refractivity contribution in [1.29, 1.82) is 0 Å². The molecule has 0 saturated carbocycles. The molecule has 66 valence electrons. The first-order chi connectivity index (χ1) is 5.66. The Balaban J connectivity index is 3.14. The second-order valence-corrected chi connectivity index (χ2v) is 2.77. The summed E-state index contributed by atoms with van der Waals surface area (Å²) in [5.74, 6) is -1.78. The molecule has 0 bridgehead atoms.